The normalized spacial score (nSPS) is 29.1. The Balaban J connectivity index is 2.08. The molecule has 0 aliphatic heterocycles. The molecule has 3 N–H and O–H groups in total. The van der Waals surface area contributed by atoms with Crippen molar-refractivity contribution >= 4 is 0 Å². The van der Waals surface area contributed by atoms with Crippen LogP contribution >= 0.6 is 0 Å². The molecule has 1 aliphatic rings. The van der Waals surface area contributed by atoms with E-state index in [1.54, 1.807) is 0 Å². The van der Waals surface area contributed by atoms with E-state index in [-0.39, 0.29) is 0 Å². The van der Waals surface area contributed by atoms with Crippen LogP contribution in [0.5, 0.6) is 0 Å². The Bertz CT molecular complexity index is 117. The topological polar surface area (TPSA) is 38.0 Å². The Labute approximate surface area is 82.3 Å². The molecule has 0 aromatic rings. The van der Waals surface area contributed by atoms with Crippen LogP contribution in [-0.2, 0) is 0 Å². The van der Waals surface area contributed by atoms with Gasteiger partial charge in [0.2, 0.25) is 0 Å². The molecule has 78 valence electrons. The summed E-state index contributed by atoms with van der Waals surface area (Å²) in [5.74, 6) is 1.93. The van der Waals surface area contributed by atoms with Gasteiger partial charge in [0, 0.05) is 0 Å². The largest absolute Gasteiger partial charge is 0.330 e. The number of hydrogen-bond donors (Lipinski definition) is 2. The van der Waals surface area contributed by atoms with E-state index >= 15 is 0 Å². The van der Waals surface area contributed by atoms with Crippen LogP contribution in [0.4, 0.5) is 0 Å². The zero-order valence-corrected chi connectivity index (χ0v) is 8.89. The minimum Gasteiger partial charge on any atom is -0.330 e. The van der Waals surface area contributed by atoms with Crippen LogP contribution in [0.3, 0.4) is 0 Å². The van der Waals surface area contributed by atoms with E-state index < -0.39 is 0 Å². The van der Waals surface area contributed by atoms with E-state index in [9.17, 15) is 0 Å². The van der Waals surface area contributed by atoms with Crippen LogP contribution in [0, 0.1) is 11.8 Å². The predicted octanol–water partition coefficient (Wildman–Crippen LogP) is 1.75. The Morgan fingerprint density at radius 1 is 1.08 bits per heavy atom. The summed E-state index contributed by atoms with van der Waals surface area (Å²) in [5.41, 5.74) is 5.56. The molecule has 0 aromatic carbocycles. The summed E-state index contributed by atoms with van der Waals surface area (Å²) in [6.07, 6.45) is 8.33. The molecular formula is C11H24N2. The maximum atomic E-state index is 5.56. The molecule has 0 unspecified atom stereocenters. The molecule has 0 radical (unpaired) electrons. The average Bonchev–Trinajstić information content (AvgIpc) is 2.17. The molecule has 0 saturated heterocycles. The van der Waals surface area contributed by atoms with E-state index in [4.69, 9.17) is 5.73 Å². The second-order valence-corrected chi connectivity index (χ2v) is 4.36. The molecule has 1 aliphatic carbocycles. The van der Waals surface area contributed by atoms with Crippen LogP contribution in [0.1, 0.15) is 38.5 Å². The van der Waals surface area contributed by atoms with Crippen LogP contribution in [0.25, 0.3) is 0 Å². The fourth-order valence-electron chi connectivity index (χ4n) is 2.39. The van der Waals surface area contributed by atoms with Crippen molar-refractivity contribution in [3.05, 3.63) is 0 Å². The van der Waals surface area contributed by atoms with Crippen molar-refractivity contribution < 1.29 is 0 Å². The minimum atomic E-state index is 0.881. The van der Waals surface area contributed by atoms with E-state index in [1.165, 1.54) is 45.1 Å². The third-order valence-electron chi connectivity index (χ3n) is 3.34. The highest BCUT2D eigenvalue weighted by Crippen LogP contribution is 2.31. The molecule has 0 heterocycles. The molecule has 2 heteroatoms. The minimum absolute atomic E-state index is 0.881. The lowest BCUT2D eigenvalue weighted by molar-refractivity contribution is 0.255. The van der Waals surface area contributed by atoms with Crippen molar-refractivity contribution in [2.24, 2.45) is 17.6 Å². The SMILES string of the molecule is CNCCC1CCC(CCN)CC1. The summed E-state index contributed by atoms with van der Waals surface area (Å²) < 4.78 is 0. The highest BCUT2D eigenvalue weighted by Gasteiger charge is 2.19. The first-order chi connectivity index (χ1) is 6.36. The van der Waals surface area contributed by atoms with Crippen molar-refractivity contribution in [3.63, 3.8) is 0 Å². The fraction of sp³-hybridized carbons (Fsp3) is 1.00. The van der Waals surface area contributed by atoms with Gasteiger partial charge in [0.15, 0.2) is 0 Å². The summed E-state index contributed by atoms with van der Waals surface area (Å²) in [5, 5.41) is 3.23. The summed E-state index contributed by atoms with van der Waals surface area (Å²) in [4.78, 5) is 0. The third-order valence-corrected chi connectivity index (χ3v) is 3.34. The summed E-state index contributed by atoms with van der Waals surface area (Å²) in [6.45, 7) is 2.07. The second kappa shape index (κ2) is 6.39. The molecule has 2 nitrogen and oxygen atoms in total. The van der Waals surface area contributed by atoms with Crippen molar-refractivity contribution in [1.29, 1.82) is 0 Å². The average molecular weight is 184 g/mol. The van der Waals surface area contributed by atoms with Gasteiger partial charge >= 0.3 is 0 Å². The molecule has 0 spiro atoms. The number of hydrogen-bond acceptors (Lipinski definition) is 2. The number of nitrogens with two attached hydrogens (primary N) is 1. The molecule has 0 aromatic heterocycles. The van der Waals surface area contributed by atoms with Crippen LogP contribution in [0.15, 0.2) is 0 Å². The van der Waals surface area contributed by atoms with E-state index in [0.29, 0.717) is 0 Å². The molecule has 1 fully saturated rings. The number of nitrogens with one attached hydrogen (secondary N) is 1. The lowest BCUT2D eigenvalue weighted by atomic mass is 9.79. The maximum Gasteiger partial charge on any atom is -0.00493 e. The van der Waals surface area contributed by atoms with Gasteiger partial charge in [-0.2, -0.15) is 0 Å². The lowest BCUT2D eigenvalue weighted by Gasteiger charge is -2.28. The highest BCUT2D eigenvalue weighted by molar-refractivity contribution is 4.73. The molecule has 1 saturated carbocycles. The summed E-state index contributed by atoms with van der Waals surface area (Å²) in [6, 6.07) is 0. The second-order valence-electron chi connectivity index (χ2n) is 4.36. The van der Waals surface area contributed by atoms with Crippen molar-refractivity contribution in [3.8, 4) is 0 Å². The van der Waals surface area contributed by atoms with Gasteiger partial charge in [-0.25, -0.2) is 0 Å². The molecule has 1 rings (SSSR count). The van der Waals surface area contributed by atoms with Crippen molar-refractivity contribution in [2.45, 2.75) is 38.5 Å². The van der Waals surface area contributed by atoms with Gasteiger partial charge in [-0.15, -0.1) is 0 Å². The van der Waals surface area contributed by atoms with E-state index in [0.717, 1.165) is 18.4 Å². The van der Waals surface area contributed by atoms with Crippen LogP contribution in [0.2, 0.25) is 0 Å². The third kappa shape index (κ3) is 4.10. The smallest absolute Gasteiger partial charge is 0.00493 e. The molecule has 0 atom stereocenters. The van der Waals surface area contributed by atoms with Gasteiger partial charge in [0.05, 0.1) is 0 Å². The molecule has 0 bridgehead atoms. The Morgan fingerprint density at radius 3 is 2.08 bits per heavy atom. The molecular weight excluding hydrogens is 160 g/mol. The van der Waals surface area contributed by atoms with Gasteiger partial charge < -0.3 is 11.1 Å². The molecule has 13 heavy (non-hydrogen) atoms. The van der Waals surface area contributed by atoms with E-state index in [1.807, 2.05) is 7.05 Å². The summed E-state index contributed by atoms with van der Waals surface area (Å²) >= 11 is 0. The van der Waals surface area contributed by atoms with Crippen LogP contribution < -0.4 is 11.1 Å². The van der Waals surface area contributed by atoms with Crippen molar-refractivity contribution in [1.82, 2.24) is 5.32 Å². The predicted molar refractivity (Wildman–Crippen MR) is 57.7 cm³/mol. The fourth-order valence-corrected chi connectivity index (χ4v) is 2.39. The quantitative estimate of drug-likeness (QED) is 0.683. The monoisotopic (exact) mass is 184 g/mol. The first-order valence-electron chi connectivity index (χ1n) is 5.71. The van der Waals surface area contributed by atoms with Gasteiger partial charge in [-0.05, 0) is 44.8 Å². The first kappa shape index (κ1) is 11.0. The molecule has 0 amide bonds. The van der Waals surface area contributed by atoms with Gasteiger partial charge in [-0.1, -0.05) is 25.7 Å². The Morgan fingerprint density at radius 2 is 1.62 bits per heavy atom. The van der Waals surface area contributed by atoms with Gasteiger partial charge in [-0.3, -0.25) is 0 Å². The summed E-state index contributed by atoms with van der Waals surface area (Å²) in [7, 11) is 2.04. The van der Waals surface area contributed by atoms with Crippen molar-refractivity contribution in [2.75, 3.05) is 20.1 Å². The van der Waals surface area contributed by atoms with Crippen LogP contribution in [-0.4, -0.2) is 20.1 Å². The zero-order valence-electron chi connectivity index (χ0n) is 8.89. The standard InChI is InChI=1S/C11H24N2/c1-13-9-7-11-4-2-10(3-5-11)6-8-12/h10-11,13H,2-9,12H2,1H3. The van der Waals surface area contributed by atoms with Gasteiger partial charge in [0.25, 0.3) is 0 Å². The lowest BCUT2D eigenvalue weighted by Crippen LogP contribution is -2.20. The highest BCUT2D eigenvalue weighted by atomic mass is 14.8. The van der Waals surface area contributed by atoms with Gasteiger partial charge in [0.1, 0.15) is 0 Å². The Hall–Kier alpha value is -0.0800. The van der Waals surface area contributed by atoms with E-state index in [2.05, 4.69) is 5.32 Å². The number of rotatable bonds is 5. The maximum absolute atomic E-state index is 5.56. The zero-order chi connectivity index (χ0) is 9.52. The first-order valence-corrected chi connectivity index (χ1v) is 5.71. The Kier molecular flexibility index (Phi) is 5.40.